The Bertz CT molecular complexity index is 969. The number of fused-ring (bicyclic) bond motifs is 1. The van der Waals surface area contributed by atoms with E-state index in [1.54, 1.807) is 37.3 Å². The molecule has 6 rings (SSSR count). The summed E-state index contributed by atoms with van der Waals surface area (Å²) in [6.45, 7) is 0.508. The van der Waals surface area contributed by atoms with E-state index in [1.165, 1.54) is 0 Å². The van der Waals surface area contributed by atoms with Crippen molar-refractivity contribution < 1.29 is 54.1 Å². The zero-order valence-electron chi connectivity index (χ0n) is 18.4. The summed E-state index contributed by atoms with van der Waals surface area (Å²) in [5.74, 6) is -2.00. The molecule has 0 aromatic heterocycles. The lowest BCUT2D eigenvalue weighted by Crippen LogP contribution is -2.80. The highest BCUT2D eigenvalue weighted by molar-refractivity contribution is 5.90. The third-order valence-electron chi connectivity index (χ3n) is 8.07. The van der Waals surface area contributed by atoms with Crippen molar-refractivity contribution >= 4 is 11.9 Å². The van der Waals surface area contributed by atoms with Crippen LogP contribution in [-0.4, -0.2) is 98.7 Å². The van der Waals surface area contributed by atoms with Gasteiger partial charge in [-0.05, 0) is 25.5 Å². The molecule has 186 valence electrons. The molecule has 11 heteroatoms. The van der Waals surface area contributed by atoms with Crippen LogP contribution in [0.4, 0.5) is 0 Å². The third-order valence-corrected chi connectivity index (χ3v) is 8.07. The average Bonchev–Trinajstić information content (AvgIpc) is 2.88. The second kappa shape index (κ2) is 7.95. The molecule has 1 unspecified atom stereocenters. The largest absolute Gasteiger partial charge is 0.461 e. The maximum absolute atomic E-state index is 13.2. The van der Waals surface area contributed by atoms with Gasteiger partial charge in [0.1, 0.15) is 47.6 Å². The van der Waals surface area contributed by atoms with Crippen LogP contribution in [0, 0.1) is 11.3 Å². The predicted molar refractivity (Wildman–Crippen MR) is 110 cm³/mol. The SMILES string of the molecule is C[C@]12C[C@@H](O)C3C[C@@]1(O[C@@H]1O[C@H](CO)[C@@H](O)[C@H](O)[C@H]1O)[C@]3(COC(=O)c1ccccc1)C(=O)O2. The van der Waals surface area contributed by atoms with Gasteiger partial charge >= 0.3 is 11.9 Å². The van der Waals surface area contributed by atoms with Gasteiger partial charge in [0.2, 0.25) is 0 Å². The van der Waals surface area contributed by atoms with Crippen molar-refractivity contribution in [3.63, 3.8) is 0 Å². The standard InChI is InChI=1S/C23H28O11/c1-21-8-13(25)12-7-23(21,33-19-17(28)16(27)15(26)14(9-24)32-19)22(12,20(30)34-21)10-31-18(29)11-5-3-2-4-6-11/h2-6,12-17,19,24-28H,7-10H2,1H3/t12?,13-,14-,15-,16+,17-,19+,21+,22+,23+/m1/s1. The molecule has 10 atom stereocenters. The zero-order chi connectivity index (χ0) is 24.5. The molecule has 2 saturated heterocycles. The van der Waals surface area contributed by atoms with E-state index in [0.717, 1.165) is 0 Å². The van der Waals surface area contributed by atoms with Crippen molar-refractivity contribution in [2.45, 2.75) is 67.8 Å². The molecule has 5 aliphatic rings. The van der Waals surface area contributed by atoms with Crippen molar-refractivity contribution in [1.82, 2.24) is 0 Å². The summed E-state index contributed by atoms with van der Waals surface area (Å²) in [7, 11) is 0. The van der Waals surface area contributed by atoms with Crippen LogP contribution < -0.4 is 0 Å². The lowest BCUT2D eigenvalue weighted by atomic mass is 9.40. The van der Waals surface area contributed by atoms with Gasteiger partial charge in [0.15, 0.2) is 6.29 Å². The van der Waals surface area contributed by atoms with E-state index in [0.29, 0.717) is 0 Å². The Labute approximate surface area is 194 Å². The normalized spacial score (nSPS) is 47.0. The topological polar surface area (TPSA) is 172 Å². The van der Waals surface area contributed by atoms with Crippen LogP contribution in [0.5, 0.6) is 0 Å². The first-order valence-corrected chi connectivity index (χ1v) is 11.2. The number of carbonyl (C=O) groups is 2. The number of hydrogen-bond acceptors (Lipinski definition) is 11. The van der Waals surface area contributed by atoms with Crippen LogP contribution in [0.25, 0.3) is 0 Å². The molecule has 2 heterocycles. The van der Waals surface area contributed by atoms with E-state index in [4.69, 9.17) is 18.9 Å². The minimum absolute atomic E-state index is 0.0508. The molecule has 3 aliphatic carbocycles. The number of esters is 2. The monoisotopic (exact) mass is 480 g/mol. The Morgan fingerprint density at radius 3 is 2.47 bits per heavy atom. The molecule has 11 nitrogen and oxygen atoms in total. The molecule has 3 saturated carbocycles. The average molecular weight is 480 g/mol. The van der Waals surface area contributed by atoms with Crippen LogP contribution >= 0.6 is 0 Å². The molecule has 5 N–H and O–H groups in total. The summed E-state index contributed by atoms with van der Waals surface area (Å²) < 4.78 is 22.9. The van der Waals surface area contributed by atoms with E-state index in [9.17, 15) is 35.1 Å². The Morgan fingerprint density at radius 2 is 1.79 bits per heavy atom. The molecule has 4 bridgehead atoms. The minimum Gasteiger partial charge on any atom is -0.461 e. The van der Waals surface area contributed by atoms with E-state index in [2.05, 4.69) is 0 Å². The second-order valence-electron chi connectivity index (χ2n) is 9.76. The van der Waals surface area contributed by atoms with Gasteiger partial charge in [-0.3, -0.25) is 4.79 Å². The number of rotatable bonds is 6. The maximum atomic E-state index is 13.2. The predicted octanol–water partition coefficient (Wildman–Crippen LogP) is -1.51. The van der Waals surface area contributed by atoms with Crippen LogP contribution in [0.1, 0.15) is 30.1 Å². The van der Waals surface area contributed by atoms with Crippen LogP contribution in [0.3, 0.4) is 0 Å². The summed E-state index contributed by atoms with van der Waals surface area (Å²) in [6, 6.07) is 8.20. The van der Waals surface area contributed by atoms with E-state index >= 15 is 0 Å². The number of carbonyl (C=O) groups excluding carboxylic acids is 2. The van der Waals surface area contributed by atoms with Crippen molar-refractivity contribution in [2.24, 2.45) is 11.3 Å². The van der Waals surface area contributed by atoms with Crippen molar-refractivity contribution in [3.8, 4) is 0 Å². The van der Waals surface area contributed by atoms with Gasteiger partial charge in [-0.15, -0.1) is 0 Å². The van der Waals surface area contributed by atoms with Gasteiger partial charge in [-0.1, -0.05) is 18.2 Å². The highest BCUT2D eigenvalue weighted by atomic mass is 16.7. The Balaban J connectivity index is 1.46. The van der Waals surface area contributed by atoms with E-state index in [-0.39, 0.29) is 18.4 Å². The third kappa shape index (κ3) is 2.95. The Kier molecular flexibility index (Phi) is 5.52. The van der Waals surface area contributed by atoms with Crippen molar-refractivity contribution in [2.75, 3.05) is 13.2 Å². The number of benzene rings is 1. The van der Waals surface area contributed by atoms with E-state index < -0.39 is 84.5 Å². The summed E-state index contributed by atoms with van der Waals surface area (Å²) >= 11 is 0. The van der Waals surface area contributed by atoms with Gasteiger partial charge in [-0.2, -0.15) is 0 Å². The quantitative estimate of drug-likeness (QED) is 0.300. The zero-order valence-corrected chi connectivity index (χ0v) is 18.4. The molecular formula is C23H28O11. The Hall–Kier alpha value is -2.12. The van der Waals surface area contributed by atoms with Gasteiger partial charge in [0, 0.05) is 12.3 Å². The summed E-state index contributed by atoms with van der Waals surface area (Å²) in [5.41, 5.74) is -4.08. The molecule has 0 spiro atoms. The second-order valence-corrected chi connectivity index (χ2v) is 9.76. The molecule has 0 radical (unpaired) electrons. The summed E-state index contributed by atoms with van der Waals surface area (Å²) in [6.07, 6.45) is -8.41. The highest BCUT2D eigenvalue weighted by Crippen LogP contribution is 2.73. The van der Waals surface area contributed by atoms with Gasteiger partial charge in [0.05, 0.1) is 18.3 Å². The number of aliphatic hydroxyl groups is 5. The first-order chi connectivity index (χ1) is 16.1. The minimum atomic E-state index is -1.69. The lowest BCUT2D eigenvalue weighted by Gasteiger charge is -2.66. The smallest absolute Gasteiger partial charge is 0.338 e. The van der Waals surface area contributed by atoms with Gasteiger partial charge in [-0.25, -0.2) is 4.79 Å². The maximum Gasteiger partial charge on any atom is 0.338 e. The fourth-order valence-electron chi connectivity index (χ4n) is 6.19. The van der Waals surface area contributed by atoms with Gasteiger partial charge in [0.25, 0.3) is 0 Å². The summed E-state index contributed by atoms with van der Waals surface area (Å²) in [4.78, 5) is 25.9. The molecule has 34 heavy (non-hydrogen) atoms. The van der Waals surface area contributed by atoms with Crippen LogP contribution in [0.2, 0.25) is 0 Å². The fraction of sp³-hybridized carbons (Fsp3) is 0.652. The highest BCUT2D eigenvalue weighted by Gasteiger charge is 2.88. The molecule has 5 fully saturated rings. The molecule has 0 amide bonds. The van der Waals surface area contributed by atoms with Crippen LogP contribution in [-0.2, 0) is 23.7 Å². The molecule has 2 aliphatic heterocycles. The van der Waals surface area contributed by atoms with Gasteiger partial charge < -0.3 is 44.5 Å². The van der Waals surface area contributed by atoms with E-state index in [1.807, 2.05) is 0 Å². The number of hydrogen-bond donors (Lipinski definition) is 5. The molecule has 1 aromatic rings. The van der Waals surface area contributed by atoms with Crippen molar-refractivity contribution in [3.05, 3.63) is 35.9 Å². The fourth-order valence-corrected chi connectivity index (χ4v) is 6.19. The lowest BCUT2D eigenvalue weighted by molar-refractivity contribution is -0.394. The number of ether oxygens (including phenoxy) is 4. The van der Waals surface area contributed by atoms with Crippen molar-refractivity contribution in [1.29, 1.82) is 0 Å². The first kappa shape index (κ1) is 23.6. The summed E-state index contributed by atoms with van der Waals surface area (Å²) in [5, 5.41) is 51.0. The molecule has 1 aromatic carbocycles. The van der Waals surface area contributed by atoms with Crippen LogP contribution in [0.15, 0.2) is 30.3 Å². The first-order valence-electron chi connectivity index (χ1n) is 11.2. The Morgan fingerprint density at radius 1 is 1.09 bits per heavy atom. The number of aliphatic hydroxyl groups excluding tert-OH is 5. The molecular weight excluding hydrogens is 452 g/mol.